The lowest BCUT2D eigenvalue weighted by Gasteiger charge is -2.36. The number of aromatic nitrogens is 5. The molecule has 4 heterocycles. The van der Waals surface area contributed by atoms with E-state index in [0.717, 1.165) is 60.7 Å². The fourth-order valence-electron chi connectivity index (χ4n) is 3.83. The van der Waals surface area contributed by atoms with E-state index in [0.29, 0.717) is 5.92 Å². The maximum absolute atomic E-state index is 4.85. The summed E-state index contributed by atoms with van der Waals surface area (Å²) >= 11 is 0. The number of imidazole rings is 1. The quantitative estimate of drug-likeness (QED) is 0.682. The van der Waals surface area contributed by atoms with Crippen molar-refractivity contribution in [2.45, 2.75) is 51.9 Å². The summed E-state index contributed by atoms with van der Waals surface area (Å²) in [5.74, 6) is 3.70. The highest BCUT2D eigenvalue weighted by molar-refractivity contribution is 5.49. The molecule has 0 atom stereocenters. The van der Waals surface area contributed by atoms with Crippen molar-refractivity contribution in [1.29, 1.82) is 0 Å². The van der Waals surface area contributed by atoms with E-state index in [9.17, 15) is 0 Å². The zero-order valence-corrected chi connectivity index (χ0v) is 17.8. The first-order valence-electron chi connectivity index (χ1n) is 10.6. The fraction of sp³-hybridized carbons (Fsp3) is 0.545. The first-order valence-corrected chi connectivity index (χ1v) is 10.6. The van der Waals surface area contributed by atoms with Crippen molar-refractivity contribution in [1.82, 2.24) is 24.6 Å². The molecule has 0 bridgehead atoms. The number of hydrogen-bond acceptors (Lipinski definition) is 6. The maximum atomic E-state index is 4.85. The molecule has 0 amide bonds. The normalized spacial score (nSPS) is 17.9. The maximum Gasteiger partial charge on any atom is 0.153 e. The second-order valence-corrected chi connectivity index (χ2v) is 9.34. The summed E-state index contributed by atoms with van der Waals surface area (Å²) in [6, 6.07) is 6.27. The van der Waals surface area contributed by atoms with Crippen molar-refractivity contribution in [2.24, 2.45) is 0 Å². The summed E-state index contributed by atoms with van der Waals surface area (Å²) in [7, 11) is 0. The third-order valence-electron chi connectivity index (χ3n) is 5.80. The van der Waals surface area contributed by atoms with Gasteiger partial charge in [0, 0.05) is 49.3 Å². The van der Waals surface area contributed by atoms with Gasteiger partial charge in [-0.25, -0.2) is 19.5 Å². The van der Waals surface area contributed by atoms with Gasteiger partial charge in [-0.05, 0) is 31.9 Å². The van der Waals surface area contributed by atoms with Gasteiger partial charge < -0.3 is 9.80 Å². The van der Waals surface area contributed by atoms with E-state index in [1.165, 1.54) is 12.8 Å². The van der Waals surface area contributed by atoms with Gasteiger partial charge in [0.15, 0.2) is 5.65 Å². The van der Waals surface area contributed by atoms with Crippen LogP contribution in [-0.2, 0) is 5.41 Å². The van der Waals surface area contributed by atoms with Crippen molar-refractivity contribution >= 4 is 17.3 Å². The van der Waals surface area contributed by atoms with Crippen molar-refractivity contribution in [3.05, 3.63) is 41.6 Å². The average Bonchev–Trinajstić information content (AvgIpc) is 3.45. The SMILES string of the molecule is Cc1cc(N2CCN(c3ccc4nc(C(C)(C)C)cn4n3)CC2)nc(C2CC2)n1. The van der Waals surface area contributed by atoms with Gasteiger partial charge in [0.05, 0.1) is 11.9 Å². The third kappa shape index (κ3) is 3.66. The number of nitrogens with zero attached hydrogens (tertiary/aromatic N) is 7. The zero-order chi connectivity index (χ0) is 20.2. The van der Waals surface area contributed by atoms with Gasteiger partial charge in [0.25, 0.3) is 0 Å². The van der Waals surface area contributed by atoms with Crippen LogP contribution in [0, 0.1) is 6.92 Å². The Balaban J connectivity index is 1.31. The zero-order valence-electron chi connectivity index (χ0n) is 17.8. The molecule has 1 aliphatic carbocycles. The third-order valence-corrected chi connectivity index (χ3v) is 5.80. The van der Waals surface area contributed by atoms with Crippen LogP contribution in [0.3, 0.4) is 0 Å². The van der Waals surface area contributed by atoms with E-state index in [1.54, 1.807) is 0 Å². The van der Waals surface area contributed by atoms with Crippen LogP contribution in [0.25, 0.3) is 5.65 Å². The number of fused-ring (bicyclic) bond motifs is 1. The average molecular weight is 392 g/mol. The van der Waals surface area contributed by atoms with E-state index in [-0.39, 0.29) is 5.41 Å². The van der Waals surface area contributed by atoms with Gasteiger partial charge in [0.2, 0.25) is 0 Å². The smallest absolute Gasteiger partial charge is 0.153 e. The lowest BCUT2D eigenvalue weighted by molar-refractivity contribution is 0.572. The second kappa shape index (κ2) is 6.68. The van der Waals surface area contributed by atoms with E-state index >= 15 is 0 Å². The largest absolute Gasteiger partial charge is 0.353 e. The summed E-state index contributed by atoms with van der Waals surface area (Å²) in [5, 5.41) is 4.83. The molecule has 3 aromatic heterocycles. The Hall–Kier alpha value is -2.70. The highest BCUT2D eigenvalue weighted by atomic mass is 15.4. The van der Waals surface area contributed by atoms with E-state index < -0.39 is 0 Å². The van der Waals surface area contributed by atoms with Crippen LogP contribution in [0.15, 0.2) is 24.4 Å². The standard InChI is InChI=1S/C22H29N7/c1-15-13-20(25-21(23-15)16-5-6-16)28-11-9-27(10-12-28)19-8-7-18-24-17(22(2,3)4)14-29(18)26-19/h7-8,13-14,16H,5-6,9-12H2,1-4H3. The molecule has 152 valence electrons. The fourth-order valence-corrected chi connectivity index (χ4v) is 3.83. The Morgan fingerprint density at radius 2 is 1.59 bits per heavy atom. The van der Waals surface area contributed by atoms with Crippen LogP contribution in [0.1, 0.15) is 56.7 Å². The van der Waals surface area contributed by atoms with Gasteiger partial charge in [-0.3, -0.25) is 0 Å². The summed E-state index contributed by atoms with van der Waals surface area (Å²) in [6.07, 6.45) is 4.52. The predicted octanol–water partition coefficient (Wildman–Crippen LogP) is 3.33. The van der Waals surface area contributed by atoms with E-state index in [1.807, 2.05) is 4.52 Å². The second-order valence-electron chi connectivity index (χ2n) is 9.34. The van der Waals surface area contributed by atoms with E-state index in [2.05, 4.69) is 66.9 Å². The van der Waals surface area contributed by atoms with Gasteiger partial charge >= 0.3 is 0 Å². The Bertz CT molecular complexity index is 1040. The van der Waals surface area contributed by atoms with Gasteiger partial charge in [0.1, 0.15) is 17.5 Å². The Kier molecular flexibility index (Phi) is 4.22. The topological polar surface area (TPSA) is 62.5 Å². The number of piperazine rings is 1. The van der Waals surface area contributed by atoms with Crippen LogP contribution in [0.5, 0.6) is 0 Å². The molecule has 7 nitrogen and oxygen atoms in total. The van der Waals surface area contributed by atoms with E-state index in [4.69, 9.17) is 15.1 Å². The first kappa shape index (κ1) is 18.3. The number of anilines is 2. The van der Waals surface area contributed by atoms with Gasteiger partial charge in [-0.1, -0.05) is 20.8 Å². The summed E-state index contributed by atoms with van der Waals surface area (Å²) in [4.78, 5) is 18.9. The predicted molar refractivity (Wildman–Crippen MR) is 115 cm³/mol. The molecule has 0 spiro atoms. The Labute approximate surface area is 171 Å². The van der Waals surface area contributed by atoms with Crippen LogP contribution in [-0.4, -0.2) is 50.7 Å². The monoisotopic (exact) mass is 391 g/mol. The molecule has 3 aromatic rings. The summed E-state index contributed by atoms with van der Waals surface area (Å²) in [6.45, 7) is 12.4. The molecule has 0 aromatic carbocycles. The lowest BCUT2D eigenvalue weighted by Crippen LogP contribution is -2.47. The van der Waals surface area contributed by atoms with Crippen molar-refractivity contribution < 1.29 is 0 Å². The molecule has 1 saturated heterocycles. The minimum Gasteiger partial charge on any atom is -0.353 e. The Morgan fingerprint density at radius 3 is 2.24 bits per heavy atom. The van der Waals surface area contributed by atoms with Crippen LogP contribution >= 0.6 is 0 Å². The van der Waals surface area contributed by atoms with Crippen molar-refractivity contribution in [3.8, 4) is 0 Å². The lowest BCUT2D eigenvalue weighted by atomic mass is 9.93. The highest BCUT2D eigenvalue weighted by Crippen LogP contribution is 2.38. The molecule has 0 unspecified atom stereocenters. The molecule has 0 radical (unpaired) electrons. The molecule has 1 aliphatic heterocycles. The van der Waals surface area contributed by atoms with Crippen LogP contribution in [0.4, 0.5) is 11.6 Å². The first-order chi connectivity index (χ1) is 13.9. The molecule has 2 fully saturated rings. The number of aryl methyl sites for hydroxylation is 1. The summed E-state index contributed by atoms with van der Waals surface area (Å²) < 4.78 is 1.91. The number of rotatable bonds is 3. The van der Waals surface area contributed by atoms with Crippen molar-refractivity contribution in [3.63, 3.8) is 0 Å². The van der Waals surface area contributed by atoms with Crippen molar-refractivity contribution in [2.75, 3.05) is 36.0 Å². The Morgan fingerprint density at radius 1 is 0.897 bits per heavy atom. The molecule has 29 heavy (non-hydrogen) atoms. The molecular weight excluding hydrogens is 362 g/mol. The highest BCUT2D eigenvalue weighted by Gasteiger charge is 2.28. The van der Waals surface area contributed by atoms with Crippen LogP contribution in [0.2, 0.25) is 0 Å². The molecule has 7 heteroatoms. The van der Waals surface area contributed by atoms with Gasteiger partial charge in [-0.2, -0.15) is 0 Å². The molecule has 2 aliphatic rings. The minimum absolute atomic E-state index is 0.0223. The molecular formula is C22H29N7. The van der Waals surface area contributed by atoms with Crippen LogP contribution < -0.4 is 9.80 Å². The number of hydrogen-bond donors (Lipinski definition) is 0. The summed E-state index contributed by atoms with van der Waals surface area (Å²) in [5.41, 5.74) is 3.06. The minimum atomic E-state index is 0.0223. The molecule has 0 N–H and O–H groups in total. The van der Waals surface area contributed by atoms with Gasteiger partial charge in [-0.15, -0.1) is 5.10 Å². The molecule has 5 rings (SSSR count). The molecule has 1 saturated carbocycles.